The molecule has 0 saturated carbocycles. The fraction of sp³-hybridized carbons (Fsp3) is 0.846. The smallest absolute Gasteiger partial charge is 0.239 e. The first-order valence-electron chi connectivity index (χ1n) is 6.76. The summed E-state index contributed by atoms with van der Waals surface area (Å²) in [5, 5.41) is 2.74. The van der Waals surface area contributed by atoms with E-state index < -0.39 is 0 Å². The molecule has 0 saturated heterocycles. The van der Waals surface area contributed by atoms with E-state index in [9.17, 15) is 9.59 Å². The van der Waals surface area contributed by atoms with Gasteiger partial charge < -0.3 is 20.7 Å². The van der Waals surface area contributed by atoms with Crippen molar-refractivity contribution >= 4 is 11.8 Å². The molecular weight excluding hydrogens is 246 g/mol. The summed E-state index contributed by atoms with van der Waals surface area (Å²) in [6.07, 6.45) is 2.84. The molecule has 0 heterocycles. The van der Waals surface area contributed by atoms with Gasteiger partial charge in [0.25, 0.3) is 0 Å². The van der Waals surface area contributed by atoms with Gasteiger partial charge in [0.2, 0.25) is 11.8 Å². The molecule has 0 fully saturated rings. The largest absolute Gasteiger partial charge is 0.385 e. The molecule has 6 nitrogen and oxygen atoms in total. The monoisotopic (exact) mass is 273 g/mol. The maximum absolute atomic E-state index is 11.8. The Morgan fingerprint density at radius 3 is 2.68 bits per heavy atom. The third kappa shape index (κ3) is 9.44. The van der Waals surface area contributed by atoms with Crippen LogP contribution in [0.4, 0.5) is 0 Å². The maximum Gasteiger partial charge on any atom is 0.239 e. The SMILES string of the molecule is CCCC(N)CC(=O)N(C)CC(=O)NCCCOC. The van der Waals surface area contributed by atoms with Gasteiger partial charge in [-0.2, -0.15) is 0 Å². The molecule has 1 unspecified atom stereocenters. The standard InChI is InChI=1S/C13H27N3O3/c1-4-6-11(14)9-13(18)16(2)10-12(17)15-7-5-8-19-3/h11H,4-10,14H2,1-3H3,(H,15,17). The van der Waals surface area contributed by atoms with Crippen LogP contribution in [-0.2, 0) is 14.3 Å². The van der Waals surface area contributed by atoms with Crippen LogP contribution < -0.4 is 11.1 Å². The first-order valence-corrected chi connectivity index (χ1v) is 6.76. The molecule has 0 aromatic heterocycles. The Hall–Kier alpha value is -1.14. The number of hydrogen-bond donors (Lipinski definition) is 2. The summed E-state index contributed by atoms with van der Waals surface area (Å²) in [5.41, 5.74) is 5.81. The zero-order valence-electron chi connectivity index (χ0n) is 12.3. The lowest BCUT2D eigenvalue weighted by Gasteiger charge is -2.19. The summed E-state index contributed by atoms with van der Waals surface area (Å²) in [6, 6.07) is -0.121. The second-order valence-corrected chi connectivity index (χ2v) is 4.70. The van der Waals surface area contributed by atoms with Crippen molar-refractivity contribution in [1.82, 2.24) is 10.2 Å². The van der Waals surface area contributed by atoms with Crippen LogP contribution >= 0.6 is 0 Å². The van der Waals surface area contributed by atoms with Crippen molar-refractivity contribution in [2.45, 2.75) is 38.6 Å². The number of rotatable bonds is 10. The van der Waals surface area contributed by atoms with Gasteiger partial charge in [-0.3, -0.25) is 9.59 Å². The van der Waals surface area contributed by atoms with Crippen molar-refractivity contribution in [3.63, 3.8) is 0 Å². The molecule has 2 amide bonds. The Kier molecular flexibility index (Phi) is 10.1. The lowest BCUT2D eigenvalue weighted by atomic mass is 10.1. The second-order valence-electron chi connectivity index (χ2n) is 4.70. The van der Waals surface area contributed by atoms with Gasteiger partial charge in [0.15, 0.2) is 0 Å². The molecule has 112 valence electrons. The molecule has 19 heavy (non-hydrogen) atoms. The summed E-state index contributed by atoms with van der Waals surface area (Å²) in [7, 11) is 3.24. The minimum absolute atomic E-state index is 0.0741. The highest BCUT2D eigenvalue weighted by Crippen LogP contribution is 2.01. The molecule has 0 aliphatic heterocycles. The van der Waals surface area contributed by atoms with Gasteiger partial charge in [0.1, 0.15) is 0 Å². The zero-order valence-corrected chi connectivity index (χ0v) is 12.3. The van der Waals surface area contributed by atoms with Gasteiger partial charge in [-0.1, -0.05) is 13.3 Å². The maximum atomic E-state index is 11.8. The number of likely N-dealkylation sites (N-methyl/N-ethyl adjacent to an activating group) is 1. The summed E-state index contributed by atoms with van der Waals surface area (Å²) in [6.45, 7) is 3.27. The number of carbonyl (C=O) groups is 2. The molecular formula is C13H27N3O3. The Morgan fingerprint density at radius 2 is 2.11 bits per heavy atom. The van der Waals surface area contributed by atoms with Crippen molar-refractivity contribution in [3.05, 3.63) is 0 Å². The van der Waals surface area contributed by atoms with Crippen molar-refractivity contribution in [2.75, 3.05) is 33.9 Å². The minimum atomic E-state index is -0.156. The highest BCUT2D eigenvalue weighted by atomic mass is 16.5. The van der Waals surface area contributed by atoms with E-state index in [0.717, 1.165) is 19.3 Å². The van der Waals surface area contributed by atoms with E-state index in [0.29, 0.717) is 19.6 Å². The Labute approximate surface area is 115 Å². The molecule has 0 aromatic rings. The third-order valence-electron chi connectivity index (χ3n) is 2.75. The van der Waals surface area contributed by atoms with Gasteiger partial charge in [0, 0.05) is 39.8 Å². The number of methoxy groups -OCH3 is 1. The Morgan fingerprint density at radius 1 is 1.42 bits per heavy atom. The lowest BCUT2D eigenvalue weighted by molar-refractivity contribution is -0.135. The van der Waals surface area contributed by atoms with Crippen LogP contribution in [0.3, 0.4) is 0 Å². The van der Waals surface area contributed by atoms with E-state index in [2.05, 4.69) is 5.32 Å². The molecule has 0 aliphatic carbocycles. The average Bonchev–Trinajstić information content (AvgIpc) is 2.34. The van der Waals surface area contributed by atoms with E-state index in [-0.39, 0.29) is 24.4 Å². The van der Waals surface area contributed by atoms with Crippen LogP contribution in [0.1, 0.15) is 32.6 Å². The Bertz CT molecular complexity index is 272. The lowest BCUT2D eigenvalue weighted by Crippen LogP contribution is -2.40. The summed E-state index contributed by atoms with van der Waals surface area (Å²) >= 11 is 0. The van der Waals surface area contributed by atoms with Gasteiger partial charge in [-0.25, -0.2) is 0 Å². The molecule has 0 rings (SSSR count). The Balaban J connectivity index is 3.84. The van der Waals surface area contributed by atoms with Gasteiger partial charge in [-0.15, -0.1) is 0 Å². The summed E-state index contributed by atoms with van der Waals surface area (Å²) in [4.78, 5) is 24.8. The molecule has 0 spiro atoms. The molecule has 6 heteroatoms. The van der Waals surface area contributed by atoms with E-state index in [1.165, 1.54) is 4.90 Å². The van der Waals surface area contributed by atoms with Gasteiger partial charge >= 0.3 is 0 Å². The molecule has 0 aliphatic rings. The predicted molar refractivity (Wildman–Crippen MR) is 74.6 cm³/mol. The van der Waals surface area contributed by atoms with Crippen molar-refractivity contribution in [3.8, 4) is 0 Å². The van der Waals surface area contributed by atoms with E-state index in [1.54, 1.807) is 14.2 Å². The van der Waals surface area contributed by atoms with Crippen LogP contribution in [0.2, 0.25) is 0 Å². The fourth-order valence-corrected chi connectivity index (χ4v) is 1.66. The van der Waals surface area contributed by atoms with Crippen LogP contribution in [0.25, 0.3) is 0 Å². The number of nitrogens with zero attached hydrogens (tertiary/aromatic N) is 1. The van der Waals surface area contributed by atoms with Crippen LogP contribution in [0.5, 0.6) is 0 Å². The second kappa shape index (κ2) is 10.8. The van der Waals surface area contributed by atoms with Crippen LogP contribution in [0.15, 0.2) is 0 Å². The highest BCUT2D eigenvalue weighted by Gasteiger charge is 2.15. The molecule has 0 radical (unpaired) electrons. The van der Waals surface area contributed by atoms with Crippen molar-refractivity contribution in [1.29, 1.82) is 0 Å². The number of hydrogen-bond acceptors (Lipinski definition) is 4. The zero-order chi connectivity index (χ0) is 14.7. The number of carbonyl (C=O) groups excluding carboxylic acids is 2. The number of nitrogens with one attached hydrogen (secondary N) is 1. The predicted octanol–water partition coefficient (Wildman–Crippen LogP) is 0.115. The van der Waals surface area contributed by atoms with E-state index in [4.69, 9.17) is 10.5 Å². The fourth-order valence-electron chi connectivity index (χ4n) is 1.66. The molecule has 1 atom stereocenters. The third-order valence-corrected chi connectivity index (χ3v) is 2.75. The average molecular weight is 273 g/mol. The molecule has 0 aromatic carbocycles. The number of nitrogens with two attached hydrogens (primary N) is 1. The van der Waals surface area contributed by atoms with E-state index >= 15 is 0 Å². The summed E-state index contributed by atoms with van der Waals surface area (Å²) < 4.78 is 4.88. The van der Waals surface area contributed by atoms with Gasteiger partial charge in [-0.05, 0) is 12.8 Å². The van der Waals surface area contributed by atoms with Crippen LogP contribution in [0, 0.1) is 0 Å². The number of ether oxygens (including phenoxy) is 1. The quantitative estimate of drug-likeness (QED) is 0.554. The summed E-state index contributed by atoms with van der Waals surface area (Å²) in [5.74, 6) is -0.246. The topological polar surface area (TPSA) is 84.7 Å². The number of amides is 2. The molecule has 3 N–H and O–H groups in total. The first kappa shape index (κ1) is 17.9. The van der Waals surface area contributed by atoms with Crippen molar-refractivity contribution in [2.24, 2.45) is 5.73 Å². The van der Waals surface area contributed by atoms with Crippen LogP contribution in [-0.4, -0.2) is 56.6 Å². The minimum Gasteiger partial charge on any atom is -0.385 e. The highest BCUT2D eigenvalue weighted by molar-refractivity contribution is 5.84. The van der Waals surface area contributed by atoms with Crippen molar-refractivity contribution < 1.29 is 14.3 Å². The normalized spacial score (nSPS) is 12.0. The molecule has 0 bridgehead atoms. The van der Waals surface area contributed by atoms with E-state index in [1.807, 2.05) is 6.92 Å². The first-order chi connectivity index (χ1) is 9.01. The van der Waals surface area contributed by atoms with Gasteiger partial charge in [0.05, 0.1) is 6.54 Å².